The Bertz CT molecular complexity index is 250. The zero-order valence-electron chi connectivity index (χ0n) is 9.12. The molecule has 0 radical (unpaired) electrons. The minimum atomic E-state index is 0.339. The van der Waals surface area contributed by atoms with Crippen molar-refractivity contribution in [1.82, 2.24) is 0 Å². The van der Waals surface area contributed by atoms with E-state index in [9.17, 15) is 0 Å². The van der Waals surface area contributed by atoms with E-state index in [-0.39, 0.29) is 0 Å². The Kier molecular flexibility index (Phi) is 4.47. The van der Waals surface area contributed by atoms with Gasteiger partial charge in [-0.15, -0.1) is 0 Å². The molecule has 0 N–H and O–H groups in total. The Morgan fingerprint density at radius 3 is 2.36 bits per heavy atom. The van der Waals surface area contributed by atoms with Gasteiger partial charge in [-0.3, -0.25) is 0 Å². The SMILES string of the molecule is CC.Cc1ccc(OCC2CO2)cc1. The Balaban J connectivity index is 0.000000461. The molecule has 0 aromatic heterocycles. The van der Waals surface area contributed by atoms with Crippen molar-refractivity contribution in [2.24, 2.45) is 0 Å². The van der Waals surface area contributed by atoms with Gasteiger partial charge >= 0.3 is 0 Å². The van der Waals surface area contributed by atoms with Crippen molar-refractivity contribution in [1.29, 1.82) is 0 Å². The second kappa shape index (κ2) is 5.66. The molecule has 1 aromatic carbocycles. The molecule has 1 saturated heterocycles. The fourth-order valence-electron chi connectivity index (χ4n) is 0.988. The van der Waals surface area contributed by atoms with E-state index in [2.05, 4.69) is 6.92 Å². The van der Waals surface area contributed by atoms with Crippen molar-refractivity contribution in [3.05, 3.63) is 29.8 Å². The second-order valence-electron chi connectivity index (χ2n) is 3.08. The maximum absolute atomic E-state index is 5.46. The van der Waals surface area contributed by atoms with Crippen LogP contribution in [0.5, 0.6) is 5.75 Å². The summed E-state index contributed by atoms with van der Waals surface area (Å²) >= 11 is 0. The van der Waals surface area contributed by atoms with Gasteiger partial charge in [0.2, 0.25) is 0 Å². The van der Waals surface area contributed by atoms with Gasteiger partial charge in [0.25, 0.3) is 0 Å². The molecule has 0 aliphatic carbocycles. The summed E-state index contributed by atoms with van der Waals surface area (Å²) in [6.07, 6.45) is 0.339. The number of epoxide rings is 1. The predicted molar refractivity (Wildman–Crippen MR) is 57.8 cm³/mol. The Hall–Kier alpha value is -1.02. The molecule has 0 saturated carbocycles. The minimum absolute atomic E-state index is 0.339. The lowest BCUT2D eigenvalue weighted by Crippen LogP contribution is -2.03. The molecule has 0 spiro atoms. The van der Waals surface area contributed by atoms with Crippen LogP contribution in [-0.4, -0.2) is 19.3 Å². The minimum Gasteiger partial charge on any atom is -0.491 e. The third kappa shape index (κ3) is 3.79. The van der Waals surface area contributed by atoms with Gasteiger partial charge in [-0.05, 0) is 19.1 Å². The first-order valence-corrected chi connectivity index (χ1v) is 5.16. The molecule has 2 rings (SSSR count). The monoisotopic (exact) mass is 194 g/mol. The van der Waals surface area contributed by atoms with E-state index in [1.54, 1.807) is 0 Å². The van der Waals surface area contributed by atoms with E-state index in [0.29, 0.717) is 12.7 Å². The number of aryl methyl sites for hydroxylation is 1. The first kappa shape index (κ1) is 11.1. The number of hydrogen-bond donors (Lipinski definition) is 0. The number of ether oxygens (including phenoxy) is 2. The van der Waals surface area contributed by atoms with Crippen molar-refractivity contribution in [3.8, 4) is 5.75 Å². The molecule has 2 heteroatoms. The van der Waals surface area contributed by atoms with Crippen LogP contribution in [0.15, 0.2) is 24.3 Å². The molecule has 1 aromatic rings. The summed E-state index contributed by atoms with van der Waals surface area (Å²) in [4.78, 5) is 0. The van der Waals surface area contributed by atoms with Gasteiger partial charge in [0.05, 0.1) is 6.61 Å². The van der Waals surface area contributed by atoms with Crippen LogP contribution in [0, 0.1) is 6.92 Å². The van der Waals surface area contributed by atoms with Crippen molar-refractivity contribution in [2.75, 3.05) is 13.2 Å². The van der Waals surface area contributed by atoms with E-state index >= 15 is 0 Å². The smallest absolute Gasteiger partial charge is 0.119 e. The molecular formula is C12H18O2. The van der Waals surface area contributed by atoms with Crippen molar-refractivity contribution >= 4 is 0 Å². The molecule has 1 atom stereocenters. The first-order chi connectivity index (χ1) is 6.84. The van der Waals surface area contributed by atoms with Gasteiger partial charge in [-0.25, -0.2) is 0 Å². The summed E-state index contributed by atoms with van der Waals surface area (Å²) in [5.41, 5.74) is 1.25. The Morgan fingerprint density at radius 1 is 1.29 bits per heavy atom. The topological polar surface area (TPSA) is 21.8 Å². The normalized spacial score (nSPS) is 18.1. The van der Waals surface area contributed by atoms with Crippen LogP contribution in [0.2, 0.25) is 0 Å². The lowest BCUT2D eigenvalue weighted by molar-refractivity contribution is 0.263. The van der Waals surface area contributed by atoms with Crippen molar-refractivity contribution in [2.45, 2.75) is 26.9 Å². The molecule has 0 bridgehead atoms. The fourth-order valence-corrected chi connectivity index (χ4v) is 0.988. The summed E-state index contributed by atoms with van der Waals surface area (Å²) in [5, 5.41) is 0. The van der Waals surface area contributed by atoms with Gasteiger partial charge in [-0.2, -0.15) is 0 Å². The van der Waals surface area contributed by atoms with Gasteiger partial charge in [0, 0.05) is 0 Å². The average Bonchev–Trinajstić information content (AvgIpc) is 3.04. The van der Waals surface area contributed by atoms with Crippen molar-refractivity contribution < 1.29 is 9.47 Å². The van der Waals surface area contributed by atoms with E-state index in [1.165, 1.54) is 5.56 Å². The van der Waals surface area contributed by atoms with Crippen LogP contribution in [0.25, 0.3) is 0 Å². The van der Waals surface area contributed by atoms with Crippen LogP contribution in [0.3, 0.4) is 0 Å². The van der Waals surface area contributed by atoms with E-state index in [0.717, 1.165) is 12.4 Å². The summed E-state index contributed by atoms with van der Waals surface area (Å²) in [6.45, 7) is 7.60. The van der Waals surface area contributed by atoms with Crippen LogP contribution in [0.1, 0.15) is 19.4 Å². The zero-order valence-corrected chi connectivity index (χ0v) is 9.12. The van der Waals surface area contributed by atoms with Gasteiger partial charge < -0.3 is 9.47 Å². The molecule has 78 valence electrons. The maximum Gasteiger partial charge on any atom is 0.119 e. The fraction of sp³-hybridized carbons (Fsp3) is 0.500. The number of benzene rings is 1. The van der Waals surface area contributed by atoms with Crippen LogP contribution >= 0.6 is 0 Å². The van der Waals surface area contributed by atoms with E-state index in [1.807, 2.05) is 38.1 Å². The Labute approximate surface area is 85.8 Å². The molecule has 1 unspecified atom stereocenters. The van der Waals surface area contributed by atoms with E-state index < -0.39 is 0 Å². The predicted octanol–water partition coefficient (Wildman–Crippen LogP) is 2.80. The Morgan fingerprint density at radius 2 is 1.86 bits per heavy atom. The highest BCUT2D eigenvalue weighted by Crippen LogP contribution is 2.15. The highest BCUT2D eigenvalue weighted by Gasteiger charge is 2.22. The van der Waals surface area contributed by atoms with E-state index in [4.69, 9.17) is 9.47 Å². The third-order valence-corrected chi connectivity index (χ3v) is 1.86. The molecule has 1 aliphatic rings. The molecule has 0 amide bonds. The van der Waals surface area contributed by atoms with Crippen LogP contribution < -0.4 is 4.74 Å². The molecule has 2 nitrogen and oxygen atoms in total. The third-order valence-electron chi connectivity index (χ3n) is 1.86. The molecule has 1 fully saturated rings. The zero-order chi connectivity index (χ0) is 10.4. The summed E-state index contributed by atoms with van der Waals surface area (Å²) in [6, 6.07) is 8.06. The molecular weight excluding hydrogens is 176 g/mol. The summed E-state index contributed by atoms with van der Waals surface area (Å²) < 4.78 is 10.5. The standard InChI is InChI=1S/C10H12O2.C2H6/c1-8-2-4-9(5-3-8)11-6-10-7-12-10;1-2/h2-5,10H,6-7H2,1H3;1-2H3. The van der Waals surface area contributed by atoms with Gasteiger partial charge in [0.1, 0.15) is 18.5 Å². The molecule has 14 heavy (non-hydrogen) atoms. The first-order valence-electron chi connectivity index (χ1n) is 5.16. The quantitative estimate of drug-likeness (QED) is 0.690. The maximum atomic E-state index is 5.46. The lowest BCUT2D eigenvalue weighted by Gasteiger charge is -2.03. The summed E-state index contributed by atoms with van der Waals surface area (Å²) in [5.74, 6) is 0.927. The van der Waals surface area contributed by atoms with Gasteiger partial charge in [0.15, 0.2) is 0 Å². The van der Waals surface area contributed by atoms with Crippen LogP contribution in [0.4, 0.5) is 0 Å². The molecule has 1 heterocycles. The highest BCUT2D eigenvalue weighted by atomic mass is 16.6. The number of hydrogen-bond acceptors (Lipinski definition) is 2. The van der Waals surface area contributed by atoms with Gasteiger partial charge in [-0.1, -0.05) is 31.5 Å². The molecule has 1 aliphatic heterocycles. The van der Waals surface area contributed by atoms with Crippen molar-refractivity contribution in [3.63, 3.8) is 0 Å². The second-order valence-corrected chi connectivity index (χ2v) is 3.08. The lowest BCUT2D eigenvalue weighted by atomic mass is 10.2. The highest BCUT2D eigenvalue weighted by molar-refractivity contribution is 5.26. The largest absolute Gasteiger partial charge is 0.491 e. The average molecular weight is 194 g/mol. The summed E-state index contributed by atoms with van der Waals surface area (Å²) in [7, 11) is 0. The number of rotatable bonds is 3. The van der Waals surface area contributed by atoms with Crippen LogP contribution in [-0.2, 0) is 4.74 Å².